The van der Waals surface area contributed by atoms with Gasteiger partial charge >= 0.3 is 0 Å². The van der Waals surface area contributed by atoms with Gasteiger partial charge in [0.05, 0.1) is 0 Å². The lowest BCUT2D eigenvalue weighted by molar-refractivity contribution is 0.312. The van der Waals surface area contributed by atoms with Crippen LogP contribution in [0.2, 0.25) is 0 Å². The van der Waals surface area contributed by atoms with E-state index in [0.717, 1.165) is 18.7 Å². The highest BCUT2D eigenvalue weighted by molar-refractivity contribution is 5.48. The fourth-order valence-corrected chi connectivity index (χ4v) is 2.63. The van der Waals surface area contributed by atoms with Crippen LogP contribution in [0.3, 0.4) is 0 Å². The van der Waals surface area contributed by atoms with Gasteiger partial charge in [0.2, 0.25) is 0 Å². The first-order chi connectivity index (χ1) is 8.16. The van der Waals surface area contributed by atoms with Crippen LogP contribution >= 0.6 is 0 Å². The van der Waals surface area contributed by atoms with Crippen molar-refractivity contribution in [2.75, 3.05) is 18.5 Å². The van der Waals surface area contributed by atoms with Crippen LogP contribution in [-0.4, -0.2) is 24.7 Å². The molecule has 0 bridgehead atoms. The second-order valence-electron chi connectivity index (χ2n) is 5.11. The van der Waals surface area contributed by atoms with Gasteiger partial charge < -0.3 is 15.7 Å². The van der Waals surface area contributed by atoms with Gasteiger partial charge in [0, 0.05) is 25.3 Å². The van der Waals surface area contributed by atoms with Crippen molar-refractivity contribution in [3.8, 4) is 5.75 Å². The largest absolute Gasteiger partial charge is 0.508 e. The second kappa shape index (κ2) is 5.41. The zero-order chi connectivity index (χ0) is 12.3. The van der Waals surface area contributed by atoms with Crippen LogP contribution in [-0.2, 0) is 0 Å². The molecule has 0 saturated heterocycles. The average molecular weight is 234 g/mol. The molecule has 0 amide bonds. The van der Waals surface area contributed by atoms with Gasteiger partial charge in [-0.05, 0) is 43.0 Å². The zero-order valence-corrected chi connectivity index (χ0v) is 10.5. The van der Waals surface area contributed by atoms with E-state index in [2.05, 4.69) is 11.9 Å². The SMILES string of the molecule is CN(CC1CCCCC1N)c1ccc(O)cc1. The molecule has 0 radical (unpaired) electrons. The quantitative estimate of drug-likeness (QED) is 0.844. The Balaban J connectivity index is 1.95. The summed E-state index contributed by atoms with van der Waals surface area (Å²) in [6.07, 6.45) is 4.99. The van der Waals surface area contributed by atoms with Crippen LogP contribution < -0.4 is 10.6 Å². The topological polar surface area (TPSA) is 49.5 Å². The first kappa shape index (κ1) is 12.2. The van der Waals surface area contributed by atoms with Crippen LogP contribution in [0.5, 0.6) is 5.75 Å². The third-order valence-electron chi connectivity index (χ3n) is 3.77. The molecular weight excluding hydrogens is 212 g/mol. The lowest BCUT2D eigenvalue weighted by Gasteiger charge is -2.32. The van der Waals surface area contributed by atoms with Crippen molar-refractivity contribution in [2.24, 2.45) is 11.7 Å². The molecule has 3 N–H and O–H groups in total. The maximum absolute atomic E-state index is 9.26. The highest BCUT2D eigenvalue weighted by Crippen LogP contribution is 2.25. The molecule has 0 aliphatic heterocycles. The van der Waals surface area contributed by atoms with Crippen molar-refractivity contribution in [3.63, 3.8) is 0 Å². The molecule has 2 rings (SSSR count). The molecular formula is C14H22N2O. The van der Waals surface area contributed by atoms with Crippen LogP contribution in [0.15, 0.2) is 24.3 Å². The molecule has 94 valence electrons. The predicted molar refractivity (Wildman–Crippen MR) is 71.3 cm³/mol. The maximum Gasteiger partial charge on any atom is 0.115 e. The van der Waals surface area contributed by atoms with Crippen LogP contribution in [0.1, 0.15) is 25.7 Å². The molecule has 0 spiro atoms. The molecule has 1 aromatic carbocycles. The first-order valence-corrected chi connectivity index (χ1v) is 6.42. The number of anilines is 1. The minimum atomic E-state index is 0.316. The number of benzene rings is 1. The fraction of sp³-hybridized carbons (Fsp3) is 0.571. The molecule has 2 atom stereocenters. The van der Waals surface area contributed by atoms with E-state index in [9.17, 15) is 5.11 Å². The summed E-state index contributed by atoms with van der Waals surface area (Å²) >= 11 is 0. The number of rotatable bonds is 3. The monoisotopic (exact) mass is 234 g/mol. The molecule has 3 heteroatoms. The van der Waals surface area contributed by atoms with Crippen molar-refractivity contribution in [3.05, 3.63) is 24.3 Å². The van der Waals surface area contributed by atoms with Gasteiger partial charge in [-0.2, -0.15) is 0 Å². The van der Waals surface area contributed by atoms with Crippen LogP contribution in [0, 0.1) is 5.92 Å². The summed E-state index contributed by atoms with van der Waals surface area (Å²) < 4.78 is 0. The summed E-state index contributed by atoms with van der Waals surface area (Å²) in [6, 6.07) is 7.70. The van der Waals surface area contributed by atoms with Crippen molar-refractivity contribution in [1.82, 2.24) is 0 Å². The van der Waals surface area contributed by atoms with Gasteiger partial charge in [-0.25, -0.2) is 0 Å². The lowest BCUT2D eigenvalue weighted by Crippen LogP contribution is -2.40. The summed E-state index contributed by atoms with van der Waals surface area (Å²) in [5.41, 5.74) is 7.30. The molecule has 17 heavy (non-hydrogen) atoms. The summed E-state index contributed by atoms with van der Waals surface area (Å²) in [5.74, 6) is 0.916. The molecule has 1 aliphatic rings. The number of hydrogen-bond donors (Lipinski definition) is 2. The van der Waals surface area contributed by atoms with Gasteiger partial charge in [-0.1, -0.05) is 12.8 Å². The normalized spacial score (nSPS) is 24.6. The predicted octanol–water partition coefficient (Wildman–Crippen LogP) is 2.35. The Morgan fingerprint density at radius 1 is 1.24 bits per heavy atom. The average Bonchev–Trinajstić information content (AvgIpc) is 2.33. The van der Waals surface area contributed by atoms with Gasteiger partial charge in [0.15, 0.2) is 0 Å². The molecule has 2 unspecified atom stereocenters. The number of nitrogens with zero attached hydrogens (tertiary/aromatic N) is 1. The van der Waals surface area contributed by atoms with E-state index >= 15 is 0 Å². The molecule has 0 aromatic heterocycles. The van der Waals surface area contributed by atoms with Gasteiger partial charge in [0.25, 0.3) is 0 Å². The van der Waals surface area contributed by atoms with Crippen molar-refractivity contribution in [1.29, 1.82) is 0 Å². The summed E-state index contributed by atoms with van der Waals surface area (Å²) in [4.78, 5) is 2.23. The van der Waals surface area contributed by atoms with E-state index < -0.39 is 0 Å². The van der Waals surface area contributed by atoms with Gasteiger partial charge in [-0.15, -0.1) is 0 Å². The summed E-state index contributed by atoms with van der Waals surface area (Å²) in [7, 11) is 2.09. The van der Waals surface area contributed by atoms with Crippen LogP contribution in [0.4, 0.5) is 5.69 Å². The van der Waals surface area contributed by atoms with Gasteiger partial charge in [0.1, 0.15) is 5.75 Å². The minimum Gasteiger partial charge on any atom is -0.508 e. The summed E-state index contributed by atoms with van der Waals surface area (Å²) in [6.45, 7) is 1.01. The highest BCUT2D eigenvalue weighted by Gasteiger charge is 2.22. The number of hydrogen-bond acceptors (Lipinski definition) is 3. The Kier molecular flexibility index (Phi) is 3.89. The fourth-order valence-electron chi connectivity index (χ4n) is 2.63. The van der Waals surface area contributed by atoms with E-state index in [0.29, 0.717) is 17.7 Å². The lowest BCUT2D eigenvalue weighted by atomic mass is 9.85. The smallest absolute Gasteiger partial charge is 0.115 e. The molecule has 1 saturated carbocycles. The minimum absolute atomic E-state index is 0.316. The Morgan fingerprint density at radius 2 is 1.88 bits per heavy atom. The van der Waals surface area contributed by atoms with E-state index in [1.54, 1.807) is 12.1 Å². The maximum atomic E-state index is 9.26. The standard InChI is InChI=1S/C14H22N2O/c1-16(12-6-8-13(17)9-7-12)10-11-4-2-3-5-14(11)15/h6-9,11,14,17H,2-5,10,15H2,1H3. The van der Waals surface area contributed by atoms with Crippen molar-refractivity contribution in [2.45, 2.75) is 31.7 Å². The number of aromatic hydroxyl groups is 1. The van der Waals surface area contributed by atoms with E-state index in [4.69, 9.17) is 5.73 Å². The summed E-state index contributed by atoms with van der Waals surface area (Å²) in [5, 5.41) is 9.26. The van der Waals surface area contributed by atoms with Crippen molar-refractivity contribution < 1.29 is 5.11 Å². The Bertz CT molecular complexity index is 350. The van der Waals surface area contributed by atoms with E-state index in [1.807, 2.05) is 12.1 Å². The molecule has 1 aromatic rings. The molecule has 3 nitrogen and oxygen atoms in total. The zero-order valence-electron chi connectivity index (χ0n) is 10.5. The van der Waals surface area contributed by atoms with Crippen LogP contribution in [0.25, 0.3) is 0 Å². The van der Waals surface area contributed by atoms with E-state index in [-0.39, 0.29) is 0 Å². The molecule has 1 aliphatic carbocycles. The Morgan fingerprint density at radius 3 is 2.53 bits per heavy atom. The number of phenols is 1. The Labute approximate surface area is 103 Å². The second-order valence-corrected chi connectivity index (χ2v) is 5.11. The molecule has 0 heterocycles. The first-order valence-electron chi connectivity index (χ1n) is 6.42. The highest BCUT2D eigenvalue weighted by atomic mass is 16.3. The number of nitrogens with two attached hydrogens (primary N) is 1. The molecule has 1 fully saturated rings. The van der Waals surface area contributed by atoms with Gasteiger partial charge in [-0.3, -0.25) is 0 Å². The third kappa shape index (κ3) is 3.13. The van der Waals surface area contributed by atoms with E-state index in [1.165, 1.54) is 19.3 Å². The number of phenolic OH excluding ortho intramolecular Hbond substituents is 1. The van der Waals surface area contributed by atoms with Crippen molar-refractivity contribution >= 4 is 5.69 Å². The third-order valence-corrected chi connectivity index (χ3v) is 3.77. The Hall–Kier alpha value is -1.22.